The molecule has 4 N–H and O–H groups in total. The molecular formula is C60H68I2N10O8Si. The van der Waals surface area contributed by atoms with Gasteiger partial charge in [-0.1, -0.05) is 77.7 Å². The van der Waals surface area contributed by atoms with E-state index < -0.39 is 58.4 Å². The summed E-state index contributed by atoms with van der Waals surface area (Å²) in [7, 11) is 5.25. The Morgan fingerprint density at radius 3 is 1.38 bits per heavy atom. The SMILES string of the molecule is CN1C(=O)C(=CC=CC(C#N)=C2C=CN3C(=C2)C(C)(C)c2cc(CNC(=O)OC(C)(C)C)ccc23)C(=O)N(C)C1=O.CN1C(=O)C(=CC=CC(C#N)=C2C=CN3C(=C2)C(C)(C)c2cc(C[NH3+])ccc23)C(=O)N(C)C1=O.C[Si](C)(C)I.[I-]. The molecule has 21 heteroatoms. The highest BCUT2D eigenvalue weighted by molar-refractivity contribution is 14.1. The van der Waals surface area contributed by atoms with Gasteiger partial charge in [-0.15, -0.1) is 21.8 Å². The van der Waals surface area contributed by atoms with Crippen LogP contribution in [-0.2, 0) is 47.8 Å². The van der Waals surface area contributed by atoms with E-state index in [9.17, 15) is 44.1 Å². The summed E-state index contributed by atoms with van der Waals surface area (Å²) < 4.78 is 5.33. The van der Waals surface area contributed by atoms with Gasteiger partial charge in [-0.05, 0) is 115 Å². The van der Waals surface area contributed by atoms with Crippen LogP contribution in [0.3, 0.4) is 0 Å². The summed E-state index contributed by atoms with van der Waals surface area (Å²) in [4.78, 5) is 93.2. The minimum atomic E-state index is -0.699. The lowest BCUT2D eigenvalue weighted by Crippen LogP contribution is -3.00. The standard InChI is InChI=1S/C31H33N5O5.C26H25N5O3.C3H9ISi.HI/c1-30(2,3)41-28(39)33-18-19-11-12-24-23(15-19)31(4,5)25-16-20(13-14-36(24)25)21(17-32)9-8-10-22-26(37)34(6)29(40)35(7)27(22)38;1-26(2)20-12-16(14-27)8-9-21(20)31-11-10-17(13-22(26)31)18(15-28)6-5-7-19-23(32)29(3)25(34)30(4)24(19)33;1-5(2,3)4;/h8-16H,18H2,1-7H3,(H,33,39);5-13H,14,27H2,1-4H3;1-3H3;1H. The number of hydrogen-bond acceptors (Lipinski definition) is 12. The molecule has 6 aliphatic rings. The van der Waals surface area contributed by atoms with Crippen molar-refractivity contribution in [3.8, 4) is 12.1 Å². The third-order valence-corrected chi connectivity index (χ3v) is 13.5. The van der Waals surface area contributed by atoms with Crippen LogP contribution in [0.5, 0.6) is 0 Å². The largest absolute Gasteiger partial charge is 1.00 e. The molecule has 2 saturated heterocycles. The van der Waals surface area contributed by atoms with Crippen molar-refractivity contribution in [2.75, 3.05) is 38.0 Å². The number of barbiturate groups is 2. The summed E-state index contributed by atoms with van der Waals surface area (Å²) in [6.45, 7) is 21.9. The summed E-state index contributed by atoms with van der Waals surface area (Å²) in [6, 6.07) is 15.4. The molecule has 0 saturated carbocycles. The molecule has 6 aliphatic heterocycles. The number of urea groups is 2. The first kappa shape index (κ1) is 64.4. The molecule has 0 aromatic heterocycles. The number of rotatable bonds is 7. The van der Waals surface area contributed by atoms with E-state index in [0.29, 0.717) is 29.8 Å². The number of anilines is 2. The monoisotopic (exact) mass is 1340 g/mol. The van der Waals surface area contributed by atoms with E-state index in [4.69, 9.17) is 4.74 Å². The van der Waals surface area contributed by atoms with E-state index in [-0.39, 0.29) is 40.5 Å². The van der Waals surface area contributed by atoms with Gasteiger partial charge in [0.15, 0.2) is 0 Å². The topological polar surface area (TPSA) is 235 Å². The molecule has 2 fully saturated rings. The van der Waals surface area contributed by atoms with Crippen LogP contribution < -0.4 is 44.8 Å². The second-order valence-electron chi connectivity index (χ2n) is 22.4. The molecule has 2 aromatic rings. The number of nitrogens with one attached hydrogen (secondary N) is 1. The third-order valence-electron chi connectivity index (χ3n) is 13.5. The number of carbonyl (C=O) groups is 7. The van der Waals surface area contributed by atoms with E-state index in [1.165, 1.54) is 69.7 Å². The third kappa shape index (κ3) is 14.0. The van der Waals surface area contributed by atoms with Gasteiger partial charge in [0.05, 0.1) is 29.8 Å². The van der Waals surface area contributed by atoms with Gasteiger partial charge in [0.2, 0.25) is 0 Å². The van der Waals surface area contributed by atoms with Gasteiger partial charge in [-0.25, -0.2) is 14.4 Å². The van der Waals surface area contributed by atoms with E-state index in [1.54, 1.807) is 6.08 Å². The Kier molecular flexibility index (Phi) is 20.0. The zero-order valence-corrected chi connectivity index (χ0v) is 53.4. The van der Waals surface area contributed by atoms with Gasteiger partial charge in [0, 0.05) is 86.3 Å². The predicted octanol–water partition coefficient (Wildman–Crippen LogP) is 6.12. The average molecular weight is 1340 g/mol. The summed E-state index contributed by atoms with van der Waals surface area (Å²) in [5, 5.41) is 22.5. The fourth-order valence-corrected chi connectivity index (χ4v) is 9.20. The van der Waals surface area contributed by atoms with E-state index in [1.807, 2.05) is 69.6 Å². The quantitative estimate of drug-likeness (QED) is 0.0797. The second-order valence-corrected chi connectivity index (χ2v) is 36.3. The molecule has 0 spiro atoms. The molecule has 0 radical (unpaired) electrons. The Morgan fingerprint density at radius 2 is 1.04 bits per heavy atom. The van der Waals surface area contributed by atoms with Gasteiger partial charge in [0.1, 0.15) is 22.3 Å². The molecule has 0 bridgehead atoms. The highest BCUT2D eigenvalue weighted by Gasteiger charge is 2.43. The number of nitrogens with zero attached hydrogens (tertiary/aromatic N) is 8. The molecule has 9 amide bonds. The van der Waals surface area contributed by atoms with Gasteiger partial charge in [-0.2, -0.15) is 10.5 Å². The summed E-state index contributed by atoms with van der Waals surface area (Å²) in [5.41, 5.74) is 12.5. The Bertz CT molecular complexity index is 3360. The number of likely N-dealkylation sites (N-methyl/N-ethyl adjacent to an activating group) is 4. The zero-order chi connectivity index (χ0) is 59.6. The Labute approximate surface area is 504 Å². The fraction of sp³-hybridized carbons (Fsp3) is 0.317. The zero-order valence-electron chi connectivity index (χ0n) is 48.1. The van der Waals surface area contributed by atoms with Crippen molar-refractivity contribution in [2.24, 2.45) is 0 Å². The molecule has 0 unspecified atom stereocenters. The number of carbonyl (C=O) groups excluding carboxylic acids is 7. The fourth-order valence-electron chi connectivity index (χ4n) is 9.20. The van der Waals surface area contributed by atoms with Gasteiger partial charge >= 0.3 is 18.2 Å². The van der Waals surface area contributed by atoms with E-state index >= 15 is 0 Å². The first-order valence-corrected chi connectivity index (χ1v) is 32.2. The van der Waals surface area contributed by atoms with Crippen molar-refractivity contribution in [2.45, 2.75) is 97.6 Å². The highest BCUT2D eigenvalue weighted by Crippen LogP contribution is 2.51. The van der Waals surface area contributed by atoms with Crippen molar-refractivity contribution < 1.29 is 68.0 Å². The number of imide groups is 4. The number of quaternary nitrogens is 1. The van der Waals surface area contributed by atoms with Crippen molar-refractivity contribution in [3.05, 3.63) is 177 Å². The van der Waals surface area contributed by atoms with Crippen LogP contribution in [0.4, 0.5) is 25.8 Å². The molecule has 0 aliphatic carbocycles. The Morgan fingerprint density at radius 1 is 0.679 bits per heavy atom. The lowest BCUT2D eigenvalue weighted by Gasteiger charge is -2.28. The molecular weight excluding hydrogens is 1270 g/mol. The van der Waals surface area contributed by atoms with Crippen LogP contribution in [0, 0.1) is 22.7 Å². The normalized spacial score (nSPS) is 19.0. The Balaban J connectivity index is 0.000000275. The minimum Gasteiger partial charge on any atom is -1.00 e. The van der Waals surface area contributed by atoms with Crippen molar-refractivity contribution >= 4 is 80.5 Å². The number of benzene rings is 2. The summed E-state index contributed by atoms with van der Waals surface area (Å²) in [5.74, 6) is -2.75. The molecule has 0 atom stereocenters. The first-order valence-electron chi connectivity index (χ1n) is 25.6. The maximum absolute atomic E-state index is 12.4. The van der Waals surface area contributed by atoms with Crippen LogP contribution in [0.15, 0.2) is 154 Å². The molecule has 2 aromatic carbocycles. The molecule has 6 heterocycles. The molecule has 18 nitrogen and oxygen atoms in total. The molecule has 424 valence electrons. The van der Waals surface area contributed by atoms with Gasteiger partial charge in [-0.3, -0.25) is 38.8 Å². The number of halogens is 2. The van der Waals surface area contributed by atoms with Crippen LogP contribution in [0.1, 0.15) is 70.7 Å². The number of amides is 9. The van der Waals surface area contributed by atoms with Crippen LogP contribution in [0.25, 0.3) is 0 Å². The van der Waals surface area contributed by atoms with Gasteiger partial charge < -0.3 is 49.6 Å². The second kappa shape index (κ2) is 25.1. The minimum absolute atomic E-state index is 0. The lowest BCUT2D eigenvalue weighted by atomic mass is 9.82. The smallest absolute Gasteiger partial charge is 0.407 e. The maximum atomic E-state index is 12.4. The average Bonchev–Trinajstić information content (AvgIpc) is 3.77. The van der Waals surface area contributed by atoms with E-state index in [2.05, 4.69) is 126 Å². The first-order chi connectivity index (χ1) is 37.3. The van der Waals surface area contributed by atoms with Crippen LogP contribution >= 0.6 is 21.8 Å². The van der Waals surface area contributed by atoms with Crippen LogP contribution in [0.2, 0.25) is 19.6 Å². The van der Waals surface area contributed by atoms with Crippen LogP contribution in [-0.4, -0.2) is 101 Å². The number of allylic oxidation sites excluding steroid dienone is 16. The Hall–Kier alpha value is -7.45. The lowest BCUT2D eigenvalue weighted by molar-refractivity contribution is -0.386. The van der Waals surface area contributed by atoms with Crippen molar-refractivity contribution in [1.29, 1.82) is 10.5 Å². The van der Waals surface area contributed by atoms with Crippen molar-refractivity contribution in [3.63, 3.8) is 0 Å². The van der Waals surface area contributed by atoms with E-state index in [0.717, 1.165) is 59.1 Å². The number of fused-ring (bicyclic) bond motifs is 6. The summed E-state index contributed by atoms with van der Waals surface area (Å²) in [6.07, 6.45) is 19.7. The number of alkyl carbamates (subject to hydrolysis) is 1. The summed E-state index contributed by atoms with van der Waals surface area (Å²) >= 11 is 2.52. The van der Waals surface area contributed by atoms with Gasteiger partial charge in [0.25, 0.3) is 23.6 Å². The maximum Gasteiger partial charge on any atom is 0.407 e. The number of hydrogen-bond donors (Lipinski definition) is 2. The number of ether oxygens (including phenoxy) is 1. The highest BCUT2D eigenvalue weighted by atomic mass is 127. The predicted molar refractivity (Wildman–Crippen MR) is 317 cm³/mol. The van der Waals surface area contributed by atoms with Crippen molar-refractivity contribution in [1.82, 2.24) is 24.9 Å². The number of nitriles is 2. The molecule has 8 rings (SSSR count). The molecule has 81 heavy (non-hydrogen) atoms.